The van der Waals surface area contributed by atoms with Crippen LogP contribution in [0.4, 0.5) is 5.13 Å². The molecule has 0 bridgehead atoms. The van der Waals surface area contributed by atoms with E-state index in [0.29, 0.717) is 15.3 Å². The highest BCUT2D eigenvalue weighted by Crippen LogP contribution is 2.12. The Hall–Kier alpha value is -1.34. The van der Waals surface area contributed by atoms with Crippen molar-refractivity contribution < 1.29 is 4.79 Å². The first-order valence-electron chi connectivity index (χ1n) is 3.95. The average molecular weight is 285 g/mol. The highest BCUT2D eigenvalue weighted by atomic mass is 79.9. The van der Waals surface area contributed by atoms with E-state index >= 15 is 0 Å². The minimum Gasteiger partial charge on any atom is -0.296 e. The molecule has 1 N–H and O–H groups in total. The van der Waals surface area contributed by atoms with E-state index in [1.165, 1.54) is 11.3 Å². The monoisotopic (exact) mass is 284 g/mol. The molecule has 0 aliphatic rings. The topological polar surface area (TPSA) is 67.8 Å². The van der Waals surface area contributed by atoms with E-state index in [1.807, 2.05) is 0 Å². The van der Waals surface area contributed by atoms with Crippen LogP contribution in [0.15, 0.2) is 28.4 Å². The van der Waals surface area contributed by atoms with Crippen LogP contribution in [0.3, 0.4) is 0 Å². The standard InChI is InChI=1S/C8H5BrN4OS/c9-6-3-5(1-2-10-6)7(14)12-8-13-11-4-15-8/h1-4H,(H,12,13,14). The molecular weight excluding hydrogens is 280 g/mol. The minimum absolute atomic E-state index is 0.227. The van der Waals surface area contributed by atoms with Gasteiger partial charge in [-0.25, -0.2) is 4.98 Å². The van der Waals surface area contributed by atoms with Crippen LogP contribution in [-0.2, 0) is 0 Å². The largest absolute Gasteiger partial charge is 0.296 e. The fourth-order valence-electron chi connectivity index (χ4n) is 0.941. The molecule has 0 aliphatic carbocycles. The van der Waals surface area contributed by atoms with Gasteiger partial charge in [-0.3, -0.25) is 10.1 Å². The summed E-state index contributed by atoms with van der Waals surface area (Å²) in [6.45, 7) is 0. The number of carbonyl (C=O) groups excluding carboxylic acids is 1. The predicted octanol–water partition coefficient (Wildman–Crippen LogP) is 1.95. The highest BCUT2D eigenvalue weighted by molar-refractivity contribution is 9.10. The number of hydrogen-bond acceptors (Lipinski definition) is 5. The van der Waals surface area contributed by atoms with Gasteiger partial charge < -0.3 is 0 Å². The lowest BCUT2D eigenvalue weighted by Gasteiger charge is -2.00. The van der Waals surface area contributed by atoms with E-state index in [9.17, 15) is 4.79 Å². The Kier molecular flexibility index (Phi) is 3.02. The van der Waals surface area contributed by atoms with Gasteiger partial charge in [0.25, 0.3) is 5.91 Å². The Labute approximate surface area is 97.7 Å². The highest BCUT2D eigenvalue weighted by Gasteiger charge is 2.07. The van der Waals surface area contributed by atoms with Crippen molar-refractivity contribution in [3.8, 4) is 0 Å². The summed E-state index contributed by atoms with van der Waals surface area (Å²) in [6.07, 6.45) is 1.55. The van der Waals surface area contributed by atoms with Crippen molar-refractivity contribution in [3.63, 3.8) is 0 Å². The van der Waals surface area contributed by atoms with Crippen molar-refractivity contribution in [3.05, 3.63) is 34.0 Å². The molecule has 0 aromatic carbocycles. The molecule has 0 fully saturated rings. The normalized spacial score (nSPS) is 9.93. The minimum atomic E-state index is -0.227. The van der Waals surface area contributed by atoms with Crippen LogP contribution in [0, 0.1) is 0 Å². The van der Waals surface area contributed by atoms with E-state index in [-0.39, 0.29) is 5.91 Å². The van der Waals surface area contributed by atoms with Crippen molar-refractivity contribution in [2.75, 3.05) is 5.32 Å². The van der Waals surface area contributed by atoms with Crippen LogP contribution in [-0.4, -0.2) is 21.1 Å². The zero-order valence-corrected chi connectivity index (χ0v) is 9.75. The third-order valence-electron chi connectivity index (χ3n) is 1.57. The van der Waals surface area contributed by atoms with Crippen LogP contribution in [0.5, 0.6) is 0 Å². The van der Waals surface area contributed by atoms with Gasteiger partial charge in [-0.1, -0.05) is 11.3 Å². The Morgan fingerprint density at radius 1 is 1.53 bits per heavy atom. The zero-order valence-electron chi connectivity index (χ0n) is 7.35. The molecule has 2 rings (SSSR count). The van der Waals surface area contributed by atoms with Gasteiger partial charge >= 0.3 is 0 Å². The molecule has 0 spiro atoms. The number of hydrogen-bond donors (Lipinski definition) is 1. The number of aromatic nitrogens is 3. The van der Waals surface area contributed by atoms with Crippen molar-refractivity contribution in [2.24, 2.45) is 0 Å². The lowest BCUT2D eigenvalue weighted by Crippen LogP contribution is -2.11. The van der Waals surface area contributed by atoms with Crippen molar-refractivity contribution in [1.29, 1.82) is 0 Å². The van der Waals surface area contributed by atoms with Gasteiger partial charge in [0, 0.05) is 11.8 Å². The maximum atomic E-state index is 11.6. The molecule has 0 atom stereocenters. The molecule has 0 saturated heterocycles. The van der Waals surface area contributed by atoms with Crippen LogP contribution in [0.25, 0.3) is 0 Å². The molecule has 0 saturated carbocycles. The molecule has 0 aliphatic heterocycles. The smallest absolute Gasteiger partial charge is 0.257 e. The van der Waals surface area contributed by atoms with E-state index in [4.69, 9.17) is 0 Å². The second-order valence-corrected chi connectivity index (χ2v) is 4.21. The molecule has 1 amide bonds. The quantitative estimate of drug-likeness (QED) is 0.856. The molecule has 0 unspecified atom stereocenters. The number of amides is 1. The molecule has 2 aromatic rings. The molecule has 2 heterocycles. The van der Waals surface area contributed by atoms with Crippen LogP contribution in [0.2, 0.25) is 0 Å². The number of halogens is 1. The second-order valence-electron chi connectivity index (χ2n) is 2.57. The van der Waals surface area contributed by atoms with Crippen molar-refractivity contribution in [1.82, 2.24) is 15.2 Å². The summed E-state index contributed by atoms with van der Waals surface area (Å²) in [6, 6.07) is 3.26. The van der Waals surface area contributed by atoms with Gasteiger partial charge in [0.15, 0.2) is 0 Å². The summed E-state index contributed by atoms with van der Waals surface area (Å²) >= 11 is 4.46. The van der Waals surface area contributed by atoms with Gasteiger partial charge in [0.05, 0.1) is 0 Å². The third-order valence-corrected chi connectivity index (χ3v) is 2.61. The Balaban J connectivity index is 2.15. The fourth-order valence-corrected chi connectivity index (χ4v) is 1.75. The van der Waals surface area contributed by atoms with E-state index < -0.39 is 0 Å². The van der Waals surface area contributed by atoms with Gasteiger partial charge in [0.1, 0.15) is 10.1 Å². The number of pyridine rings is 1. The first-order valence-corrected chi connectivity index (χ1v) is 5.62. The number of carbonyl (C=O) groups is 1. The summed E-state index contributed by atoms with van der Waals surface area (Å²) in [4.78, 5) is 15.6. The predicted molar refractivity (Wildman–Crippen MR) is 59.8 cm³/mol. The van der Waals surface area contributed by atoms with Crippen LogP contribution >= 0.6 is 27.3 Å². The van der Waals surface area contributed by atoms with E-state index in [1.54, 1.807) is 23.8 Å². The summed E-state index contributed by atoms with van der Waals surface area (Å²) in [5, 5.41) is 10.4. The maximum Gasteiger partial charge on any atom is 0.257 e. The van der Waals surface area contributed by atoms with Crippen molar-refractivity contribution >= 4 is 38.3 Å². The average Bonchev–Trinajstić information content (AvgIpc) is 2.70. The molecule has 5 nitrogen and oxygen atoms in total. The lowest BCUT2D eigenvalue weighted by molar-refractivity contribution is 0.102. The Morgan fingerprint density at radius 2 is 2.40 bits per heavy atom. The van der Waals surface area contributed by atoms with Gasteiger partial charge in [0.2, 0.25) is 5.13 Å². The SMILES string of the molecule is O=C(Nc1nncs1)c1ccnc(Br)c1. The van der Waals surface area contributed by atoms with Gasteiger partial charge in [-0.15, -0.1) is 10.2 Å². The summed E-state index contributed by atoms with van der Waals surface area (Å²) in [5.41, 5.74) is 2.07. The van der Waals surface area contributed by atoms with Crippen LogP contribution < -0.4 is 5.32 Å². The zero-order chi connectivity index (χ0) is 10.7. The van der Waals surface area contributed by atoms with E-state index in [0.717, 1.165) is 0 Å². The lowest BCUT2D eigenvalue weighted by atomic mass is 10.2. The third kappa shape index (κ3) is 2.57. The summed E-state index contributed by atoms with van der Waals surface area (Å²) in [7, 11) is 0. The first-order chi connectivity index (χ1) is 7.25. The molecule has 0 radical (unpaired) electrons. The van der Waals surface area contributed by atoms with Gasteiger partial charge in [-0.05, 0) is 28.1 Å². The van der Waals surface area contributed by atoms with Crippen molar-refractivity contribution in [2.45, 2.75) is 0 Å². The first kappa shape index (κ1) is 10.2. The molecule has 2 aromatic heterocycles. The molecule has 76 valence electrons. The molecule has 15 heavy (non-hydrogen) atoms. The maximum absolute atomic E-state index is 11.6. The number of nitrogens with zero attached hydrogens (tertiary/aromatic N) is 3. The molecule has 7 heteroatoms. The molecular formula is C8H5BrN4OS. The summed E-state index contributed by atoms with van der Waals surface area (Å²) in [5.74, 6) is -0.227. The Bertz CT molecular complexity index is 473. The number of anilines is 1. The van der Waals surface area contributed by atoms with Crippen LogP contribution in [0.1, 0.15) is 10.4 Å². The van der Waals surface area contributed by atoms with Gasteiger partial charge in [-0.2, -0.15) is 0 Å². The number of nitrogens with one attached hydrogen (secondary N) is 1. The van der Waals surface area contributed by atoms with E-state index in [2.05, 4.69) is 36.4 Å². The summed E-state index contributed by atoms with van der Waals surface area (Å²) < 4.78 is 0.618. The Morgan fingerprint density at radius 3 is 3.07 bits per heavy atom. The second kappa shape index (κ2) is 4.45. The number of rotatable bonds is 2. The fraction of sp³-hybridized carbons (Fsp3) is 0.